The number of benzene rings is 1. The second-order valence-electron chi connectivity index (χ2n) is 5.42. The molecular formula is C16H19N3O. The Balaban J connectivity index is 1.68. The third-order valence-corrected chi connectivity index (χ3v) is 3.93. The zero-order chi connectivity index (χ0) is 13.8. The first-order chi connectivity index (χ1) is 9.86. The van der Waals surface area contributed by atoms with Crippen LogP contribution in [0.15, 0.2) is 28.7 Å². The smallest absolute Gasteiger partial charge is 0.199 e. The second kappa shape index (κ2) is 6.06. The number of aromatic nitrogens is 1. The lowest BCUT2D eigenvalue weighted by Crippen LogP contribution is -2.35. The minimum atomic E-state index is 0.387. The van der Waals surface area contributed by atoms with Crippen LogP contribution in [0.3, 0.4) is 0 Å². The van der Waals surface area contributed by atoms with Crippen LogP contribution in [-0.2, 0) is 0 Å². The van der Waals surface area contributed by atoms with E-state index in [4.69, 9.17) is 9.68 Å². The maximum Gasteiger partial charge on any atom is 0.199 e. The zero-order valence-corrected chi connectivity index (χ0v) is 11.6. The highest BCUT2D eigenvalue weighted by molar-refractivity contribution is 5.72. The van der Waals surface area contributed by atoms with Gasteiger partial charge in [-0.3, -0.25) is 0 Å². The van der Waals surface area contributed by atoms with Gasteiger partial charge in [0, 0.05) is 18.9 Å². The molecule has 0 amide bonds. The van der Waals surface area contributed by atoms with E-state index >= 15 is 0 Å². The standard InChI is InChI=1S/C16H19N3O/c17-9-3-4-10-19-11-5-6-13(12-19)16-18-14-7-1-2-8-15(14)20-16/h1-2,7-8,13H,3-6,10-12H2. The molecule has 2 heterocycles. The Hall–Kier alpha value is -1.86. The molecule has 1 aliphatic heterocycles. The van der Waals surface area contributed by atoms with Crippen molar-refractivity contribution in [2.45, 2.75) is 31.6 Å². The summed E-state index contributed by atoms with van der Waals surface area (Å²) in [5.41, 5.74) is 1.83. The molecular weight excluding hydrogens is 250 g/mol. The molecule has 0 radical (unpaired) electrons. The molecule has 0 saturated carbocycles. The van der Waals surface area contributed by atoms with Crippen molar-refractivity contribution in [2.75, 3.05) is 19.6 Å². The topological polar surface area (TPSA) is 53.1 Å². The Morgan fingerprint density at radius 2 is 2.30 bits per heavy atom. The van der Waals surface area contributed by atoms with E-state index < -0.39 is 0 Å². The van der Waals surface area contributed by atoms with E-state index in [1.165, 1.54) is 6.42 Å². The Labute approximate surface area is 119 Å². The highest BCUT2D eigenvalue weighted by atomic mass is 16.3. The van der Waals surface area contributed by atoms with Crippen molar-refractivity contribution in [3.8, 4) is 6.07 Å². The molecule has 0 spiro atoms. The minimum absolute atomic E-state index is 0.387. The van der Waals surface area contributed by atoms with Crippen molar-refractivity contribution in [3.05, 3.63) is 30.2 Å². The Bertz CT molecular complexity index is 580. The largest absolute Gasteiger partial charge is 0.440 e. The van der Waals surface area contributed by atoms with Gasteiger partial charge in [0.05, 0.1) is 6.07 Å². The minimum Gasteiger partial charge on any atom is -0.440 e. The Kier molecular flexibility index (Phi) is 3.98. The van der Waals surface area contributed by atoms with E-state index in [9.17, 15) is 0 Å². The van der Waals surface area contributed by atoms with Crippen molar-refractivity contribution in [2.24, 2.45) is 0 Å². The number of para-hydroxylation sites is 2. The molecule has 1 fully saturated rings. The lowest BCUT2D eigenvalue weighted by Gasteiger charge is -2.30. The molecule has 0 aliphatic carbocycles. The maximum absolute atomic E-state index is 8.61. The molecule has 1 saturated heterocycles. The summed E-state index contributed by atoms with van der Waals surface area (Å²) in [5, 5.41) is 8.61. The number of oxazole rings is 1. The van der Waals surface area contributed by atoms with Crippen molar-refractivity contribution in [3.63, 3.8) is 0 Å². The molecule has 1 aromatic carbocycles. The number of nitrogens with zero attached hydrogens (tertiary/aromatic N) is 3. The number of piperidine rings is 1. The van der Waals surface area contributed by atoms with Crippen LogP contribution in [0.2, 0.25) is 0 Å². The summed E-state index contributed by atoms with van der Waals surface area (Å²) in [6, 6.07) is 10.1. The Morgan fingerprint density at radius 1 is 1.40 bits per heavy atom. The van der Waals surface area contributed by atoms with Crippen LogP contribution < -0.4 is 0 Å². The predicted octanol–water partition coefficient (Wildman–Crippen LogP) is 3.31. The van der Waals surface area contributed by atoms with Crippen LogP contribution >= 0.6 is 0 Å². The molecule has 1 aromatic heterocycles. The fourth-order valence-electron chi connectivity index (χ4n) is 2.91. The number of likely N-dealkylation sites (tertiary alicyclic amines) is 1. The highest BCUT2D eigenvalue weighted by Gasteiger charge is 2.24. The summed E-state index contributed by atoms with van der Waals surface area (Å²) in [6.45, 7) is 3.13. The molecule has 2 aromatic rings. The van der Waals surface area contributed by atoms with E-state index in [1.54, 1.807) is 0 Å². The molecule has 20 heavy (non-hydrogen) atoms. The van der Waals surface area contributed by atoms with E-state index in [-0.39, 0.29) is 0 Å². The molecule has 0 N–H and O–H groups in total. The fraction of sp³-hybridized carbons (Fsp3) is 0.500. The van der Waals surface area contributed by atoms with E-state index in [0.29, 0.717) is 12.3 Å². The number of unbranched alkanes of at least 4 members (excludes halogenated alkanes) is 1. The van der Waals surface area contributed by atoms with Gasteiger partial charge in [-0.05, 0) is 44.5 Å². The molecule has 3 rings (SSSR count). The summed E-state index contributed by atoms with van der Waals surface area (Å²) in [5.74, 6) is 1.26. The van der Waals surface area contributed by atoms with Gasteiger partial charge in [0.2, 0.25) is 0 Å². The molecule has 1 aliphatic rings. The first-order valence-corrected chi connectivity index (χ1v) is 7.31. The third-order valence-electron chi connectivity index (χ3n) is 3.93. The maximum atomic E-state index is 8.61. The van der Waals surface area contributed by atoms with Crippen LogP contribution in [0.1, 0.15) is 37.5 Å². The van der Waals surface area contributed by atoms with Crippen molar-refractivity contribution >= 4 is 11.1 Å². The van der Waals surface area contributed by atoms with Crippen LogP contribution in [0.25, 0.3) is 11.1 Å². The van der Waals surface area contributed by atoms with Gasteiger partial charge in [0.15, 0.2) is 11.5 Å². The van der Waals surface area contributed by atoms with Crippen LogP contribution in [0.4, 0.5) is 0 Å². The molecule has 1 atom stereocenters. The van der Waals surface area contributed by atoms with Crippen LogP contribution in [0, 0.1) is 11.3 Å². The molecule has 4 nitrogen and oxygen atoms in total. The van der Waals surface area contributed by atoms with Gasteiger partial charge in [-0.15, -0.1) is 0 Å². The highest BCUT2D eigenvalue weighted by Crippen LogP contribution is 2.28. The van der Waals surface area contributed by atoms with Gasteiger partial charge >= 0.3 is 0 Å². The summed E-state index contributed by atoms with van der Waals surface area (Å²) < 4.78 is 5.89. The normalized spacial score (nSPS) is 20.1. The third kappa shape index (κ3) is 2.83. The van der Waals surface area contributed by atoms with Crippen molar-refractivity contribution in [1.29, 1.82) is 5.26 Å². The molecule has 104 valence electrons. The van der Waals surface area contributed by atoms with Gasteiger partial charge in [-0.1, -0.05) is 12.1 Å². The van der Waals surface area contributed by atoms with E-state index in [0.717, 1.165) is 49.5 Å². The summed E-state index contributed by atoms with van der Waals surface area (Å²) in [6.07, 6.45) is 3.92. The van der Waals surface area contributed by atoms with Crippen molar-refractivity contribution in [1.82, 2.24) is 9.88 Å². The summed E-state index contributed by atoms with van der Waals surface area (Å²) in [4.78, 5) is 7.05. The van der Waals surface area contributed by atoms with Gasteiger partial charge in [0.1, 0.15) is 5.52 Å². The summed E-state index contributed by atoms with van der Waals surface area (Å²) in [7, 11) is 0. The van der Waals surface area contributed by atoms with Gasteiger partial charge in [-0.25, -0.2) is 4.98 Å². The predicted molar refractivity (Wildman–Crippen MR) is 77.3 cm³/mol. The van der Waals surface area contributed by atoms with E-state index in [1.807, 2.05) is 24.3 Å². The summed E-state index contributed by atoms with van der Waals surface area (Å²) >= 11 is 0. The van der Waals surface area contributed by atoms with E-state index in [2.05, 4.69) is 16.0 Å². The lowest BCUT2D eigenvalue weighted by molar-refractivity contribution is 0.193. The molecule has 4 heteroatoms. The second-order valence-corrected chi connectivity index (χ2v) is 5.42. The quantitative estimate of drug-likeness (QED) is 0.799. The monoisotopic (exact) mass is 269 g/mol. The SMILES string of the molecule is N#CCCCN1CCCC(c2nc3ccccc3o2)C1. The first-order valence-electron chi connectivity index (χ1n) is 7.31. The van der Waals surface area contributed by atoms with Gasteiger partial charge < -0.3 is 9.32 Å². The lowest BCUT2D eigenvalue weighted by atomic mass is 9.98. The zero-order valence-electron chi connectivity index (χ0n) is 11.6. The number of rotatable bonds is 4. The Morgan fingerprint density at radius 3 is 3.15 bits per heavy atom. The van der Waals surface area contributed by atoms with Gasteiger partial charge in [0.25, 0.3) is 0 Å². The number of hydrogen-bond donors (Lipinski definition) is 0. The molecule has 0 bridgehead atoms. The van der Waals surface area contributed by atoms with Crippen molar-refractivity contribution < 1.29 is 4.42 Å². The van der Waals surface area contributed by atoms with Crippen LogP contribution in [-0.4, -0.2) is 29.5 Å². The average molecular weight is 269 g/mol. The number of nitriles is 1. The van der Waals surface area contributed by atoms with Crippen LogP contribution in [0.5, 0.6) is 0 Å². The molecule has 1 unspecified atom stereocenters. The number of hydrogen-bond acceptors (Lipinski definition) is 4. The van der Waals surface area contributed by atoms with Gasteiger partial charge in [-0.2, -0.15) is 5.26 Å². The fourth-order valence-corrected chi connectivity index (χ4v) is 2.91. The first kappa shape index (κ1) is 13.1. The number of fused-ring (bicyclic) bond motifs is 1. The average Bonchev–Trinajstić information content (AvgIpc) is 2.92.